The van der Waals surface area contributed by atoms with Crippen molar-refractivity contribution in [3.63, 3.8) is 0 Å². The van der Waals surface area contributed by atoms with E-state index in [9.17, 15) is 31.9 Å². The summed E-state index contributed by atoms with van der Waals surface area (Å²) >= 11 is 0. The highest BCUT2D eigenvalue weighted by Crippen LogP contribution is 2.34. The molecular weight excluding hydrogens is 445 g/mol. The molecule has 0 spiro atoms. The highest BCUT2D eigenvalue weighted by Gasteiger charge is 2.57. The third-order valence-electron chi connectivity index (χ3n) is 5.75. The molecule has 1 aliphatic heterocycles. The zero-order chi connectivity index (χ0) is 24.2. The maximum Gasteiger partial charge on any atom is 0.455 e. The lowest BCUT2D eigenvalue weighted by Crippen LogP contribution is -2.46. The lowest BCUT2D eigenvalue weighted by molar-refractivity contribution is -0.278. The van der Waals surface area contributed by atoms with Crippen LogP contribution in [0, 0.1) is 0 Å². The van der Waals surface area contributed by atoms with Crippen LogP contribution in [-0.2, 0) is 0 Å². The van der Waals surface area contributed by atoms with Gasteiger partial charge in [-0.25, -0.2) is 0 Å². The second-order valence-electron chi connectivity index (χ2n) is 8.17. The van der Waals surface area contributed by atoms with E-state index in [1.54, 1.807) is 17.4 Å². The number of likely N-dealkylation sites (N-methyl/N-ethyl adjacent to an activating group) is 1. The minimum absolute atomic E-state index is 0.0240. The van der Waals surface area contributed by atoms with Crippen molar-refractivity contribution >= 4 is 11.6 Å². The summed E-state index contributed by atoms with van der Waals surface area (Å²) in [6.45, 7) is 0.194. The molecule has 10 heteroatoms. The van der Waals surface area contributed by atoms with Crippen molar-refractivity contribution in [3.05, 3.63) is 65.7 Å². The van der Waals surface area contributed by atoms with E-state index in [-0.39, 0.29) is 17.7 Å². The van der Waals surface area contributed by atoms with Crippen LogP contribution in [0.25, 0.3) is 0 Å². The van der Waals surface area contributed by atoms with Crippen LogP contribution in [0.4, 0.5) is 27.6 Å². The van der Waals surface area contributed by atoms with E-state index in [1.165, 1.54) is 12.1 Å². The molecule has 2 aromatic rings. The quantitative estimate of drug-likeness (QED) is 0.575. The zero-order valence-electron chi connectivity index (χ0n) is 18.0. The molecule has 1 aliphatic rings. The van der Waals surface area contributed by atoms with Gasteiger partial charge in [0.25, 0.3) is 5.91 Å². The number of aliphatic hydroxyl groups excluding tert-OH is 1. The molecule has 0 saturated carbocycles. The molecule has 33 heavy (non-hydrogen) atoms. The molecule has 0 bridgehead atoms. The van der Waals surface area contributed by atoms with Gasteiger partial charge in [-0.15, -0.1) is 0 Å². The summed E-state index contributed by atoms with van der Waals surface area (Å²) in [5.41, 5.74) is 1.77. The Morgan fingerprint density at radius 2 is 1.76 bits per heavy atom. The summed E-state index contributed by atoms with van der Waals surface area (Å²) in [7, 11) is 1.88. The van der Waals surface area contributed by atoms with E-state index >= 15 is 0 Å². The molecule has 0 radical (unpaired) electrons. The third kappa shape index (κ3) is 6.20. The van der Waals surface area contributed by atoms with E-state index in [2.05, 4.69) is 4.90 Å². The molecule has 5 nitrogen and oxygen atoms in total. The highest BCUT2D eigenvalue weighted by atomic mass is 19.4. The molecule has 180 valence electrons. The average Bonchev–Trinajstić information content (AvgIpc) is 3.20. The van der Waals surface area contributed by atoms with E-state index < -0.39 is 24.6 Å². The van der Waals surface area contributed by atoms with Crippen LogP contribution in [-0.4, -0.2) is 67.3 Å². The van der Waals surface area contributed by atoms with Crippen LogP contribution in [0.2, 0.25) is 0 Å². The number of hydrogen-bond donors (Lipinski definition) is 2. The van der Waals surface area contributed by atoms with Crippen molar-refractivity contribution in [2.24, 2.45) is 0 Å². The first kappa shape index (κ1) is 24.9. The van der Waals surface area contributed by atoms with E-state index in [0.717, 1.165) is 17.8 Å². The van der Waals surface area contributed by atoms with Gasteiger partial charge in [0.1, 0.15) is 0 Å². The Hall–Kier alpha value is -2.72. The Balaban J connectivity index is 1.71. The number of nitrogens with zero attached hydrogens (tertiary/aromatic N) is 2. The maximum atomic E-state index is 13.1. The summed E-state index contributed by atoms with van der Waals surface area (Å²) in [6.07, 6.45) is -5.37. The molecule has 1 saturated heterocycles. The number of likely N-dealkylation sites (tertiary alicyclic amines) is 1. The fourth-order valence-corrected chi connectivity index (χ4v) is 3.77. The van der Waals surface area contributed by atoms with Gasteiger partial charge in [-0.05, 0) is 36.2 Å². The summed E-state index contributed by atoms with van der Waals surface area (Å²) in [4.78, 5) is 16.2. The van der Waals surface area contributed by atoms with Gasteiger partial charge in [-0.3, -0.25) is 9.69 Å². The van der Waals surface area contributed by atoms with Gasteiger partial charge < -0.3 is 15.3 Å². The van der Waals surface area contributed by atoms with Crippen LogP contribution >= 0.6 is 0 Å². The standard InChI is InChI=1S/C23H26F5N3O2/c1-30(20(16-5-3-2-4-6-16)14-31-12-11-19(32)13-31)18-9-7-17(8-10-18)21(33)29-15-22(24,25)23(26,27)28/h2-10,19-20,32H,11-15H2,1H3,(H,29,33)/t19-,20+/m0/s1. The van der Waals surface area contributed by atoms with E-state index in [0.29, 0.717) is 19.5 Å². The smallest absolute Gasteiger partial charge is 0.392 e. The number of halogens is 5. The van der Waals surface area contributed by atoms with E-state index in [4.69, 9.17) is 0 Å². The molecule has 1 heterocycles. The van der Waals surface area contributed by atoms with Crippen molar-refractivity contribution in [2.75, 3.05) is 38.1 Å². The molecular formula is C23H26F5N3O2. The number of hydrogen-bond acceptors (Lipinski definition) is 4. The Morgan fingerprint density at radius 3 is 2.30 bits per heavy atom. The zero-order valence-corrected chi connectivity index (χ0v) is 18.0. The number of anilines is 1. The van der Waals surface area contributed by atoms with Gasteiger partial charge in [-0.2, -0.15) is 22.0 Å². The summed E-state index contributed by atoms with van der Waals surface area (Å²) in [5, 5.41) is 11.5. The van der Waals surface area contributed by atoms with Crippen LogP contribution < -0.4 is 10.2 Å². The number of benzene rings is 2. The van der Waals surface area contributed by atoms with Gasteiger partial charge in [-0.1, -0.05) is 30.3 Å². The van der Waals surface area contributed by atoms with Crippen LogP contribution in [0.5, 0.6) is 0 Å². The molecule has 2 aromatic carbocycles. The van der Waals surface area contributed by atoms with Crippen molar-refractivity contribution in [1.82, 2.24) is 10.2 Å². The van der Waals surface area contributed by atoms with Crippen molar-refractivity contribution in [1.29, 1.82) is 0 Å². The molecule has 0 aromatic heterocycles. The van der Waals surface area contributed by atoms with Crippen molar-refractivity contribution in [2.45, 2.75) is 30.7 Å². The van der Waals surface area contributed by atoms with Crippen LogP contribution in [0.3, 0.4) is 0 Å². The van der Waals surface area contributed by atoms with Crippen molar-refractivity contribution in [3.8, 4) is 0 Å². The van der Waals surface area contributed by atoms with Crippen LogP contribution in [0.1, 0.15) is 28.4 Å². The number of alkyl halides is 5. The van der Waals surface area contributed by atoms with E-state index in [1.807, 2.05) is 42.3 Å². The Labute approximate surface area is 188 Å². The molecule has 1 fully saturated rings. The summed E-state index contributed by atoms with van der Waals surface area (Å²) in [6, 6.07) is 15.7. The lowest BCUT2D eigenvalue weighted by atomic mass is 10.0. The number of carbonyl (C=O) groups is 1. The Morgan fingerprint density at radius 1 is 1.12 bits per heavy atom. The number of aliphatic hydroxyl groups is 1. The number of amides is 1. The normalized spacial score (nSPS) is 18.2. The first-order valence-electron chi connectivity index (χ1n) is 10.5. The van der Waals surface area contributed by atoms with Gasteiger partial charge >= 0.3 is 12.1 Å². The Kier molecular flexibility index (Phi) is 7.58. The maximum absolute atomic E-state index is 13.1. The minimum Gasteiger partial charge on any atom is -0.392 e. The van der Waals surface area contributed by atoms with Crippen LogP contribution in [0.15, 0.2) is 54.6 Å². The third-order valence-corrected chi connectivity index (χ3v) is 5.75. The van der Waals surface area contributed by atoms with Gasteiger partial charge in [0.2, 0.25) is 0 Å². The first-order chi connectivity index (χ1) is 15.5. The number of carbonyl (C=O) groups excluding carboxylic acids is 1. The predicted octanol–water partition coefficient (Wildman–Crippen LogP) is 3.86. The summed E-state index contributed by atoms with van der Waals surface area (Å²) < 4.78 is 63.0. The second kappa shape index (κ2) is 10.0. The molecule has 0 aliphatic carbocycles. The lowest BCUT2D eigenvalue weighted by Gasteiger charge is -2.33. The summed E-state index contributed by atoms with van der Waals surface area (Å²) in [5.74, 6) is -6.02. The number of β-amino-alcohol motifs (C(OH)–C–C–N with tert-alkyl or cyclic N) is 1. The number of rotatable bonds is 8. The highest BCUT2D eigenvalue weighted by molar-refractivity contribution is 5.94. The van der Waals surface area contributed by atoms with Gasteiger partial charge in [0.05, 0.1) is 18.7 Å². The second-order valence-corrected chi connectivity index (χ2v) is 8.17. The molecule has 2 N–H and O–H groups in total. The predicted molar refractivity (Wildman–Crippen MR) is 114 cm³/mol. The van der Waals surface area contributed by atoms with Gasteiger partial charge in [0.15, 0.2) is 0 Å². The fourth-order valence-electron chi connectivity index (χ4n) is 3.77. The average molecular weight is 471 g/mol. The first-order valence-corrected chi connectivity index (χ1v) is 10.5. The molecule has 2 atom stereocenters. The van der Waals surface area contributed by atoms with Gasteiger partial charge in [0, 0.05) is 37.9 Å². The monoisotopic (exact) mass is 471 g/mol. The Bertz CT molecular complexity index is 922. The molecule has 3 rings (SSSR count). The number of nitrogens with one attached hydrogen (secondary N) is 1. The SMILES string of the molecule is CN(c1ccc(C(=O)NCC(F)(F)C(F)(F)F)cc1)[C@H](CN1CC[C@H](O)C1)c1ccccc1. The minimum atomic E-state index is -5.73. The molecule has 0 unspecified atom stereocenters. The van der Waals surface area contributed by atoms with Crippen molar-refractivity contribution < 1.29 is 31.9 Å². The largest absolute Gasteiger partial charge is 0.455 e. The molecule has 1 amide bonds. The topological polar surface area (TPSA) is 55.8 Å². The fraction of sp³-hybridized carbons (Fsp3) is 0.435.